The van der Waals surface area contributed by atoms with E-state index in [0.717, 1.165) is 26.4 Å². The van der Waals surface area contributed by atoms with Crippen LogP contribution in [0.5, 0.6) is 0 Å². The number of benzene rings is 1. The standard InChI is InChI=1S/C21H33NO6S/c1-6-7-8-12-15-17(22-20(24)28-21(2,3)4)18(19(23)27-5)29(25,26)16-13-10-9-11-14-16/h9-11,13-14,17-18H,6-8,12,15H2,1-5H3,(H,22,24)/t17-,18?/m0/s1. The van der Waals surface area contributed by atoms with Crippen molar-refractivity contribution < 1.29 is 27.5 Å². The molecule has 1 rings (SSSR count). The maximum absolute atomic E-state index is 13.2. The second kappa shape index (κ2) is 11.2. The fourth-order valence-corrected chi connectivity index (χ4v) is 4.75. The van der Waals surface area contributed by atoms with Crippen molar-refractivity contribution in [3.63, 3.8) is 0 Å². The van der Waals surface area contributed by atoms with Gasteiger partial charge in [0.25, 0.3) is 0 Å². The van der Waals surface area contributed by atoms with E-state index in [1.165, 1.54) is 12.1 Å². The number of ether oxygens (including phenoxy) is 2. The molecule has 0 bridgehead atoms. The first-order valence-corrected chi connectivity index (χ1v) is 11.4. The van der Waals surface area contributed by atoms with Crippen molar-refractivity contribution in [2.24, 2.45) is 0 Å². The second-order valence-electron chi connectivity index (χ2n) is 7.90. The van der Waals surface area contributed by atoms with Gasteiger partial charge in [0.05, 0.1) is 18.0 Å². The SMILES string of the molecule is CCCCCC[C@H](NC(=O)OC(C)(C)C)C(C(=O)OC)S(=O)(=O)c1ccccc1. The Kier molecular flexibility index (Phi) is 9.62. The number of hydrogen-bond acceptors (Lipinski definition) is 6. The Morgan fingerprint density at radius 3 is 2.21 bits per heavy atom. The van der Waals surface area contributed by atoms with E-state index in [4.69, 9.17) is 9.47 Å². The van der Waals surface area contributed by atoms with Gasteiger partial charge < -0.3 is 14.8 Å². The number of rotatable bonds is 10. The molecule has 7 nitrogen and oxygen atoms in total. The quantitative estimate of drug-likeness (QED) is 0.450. The number of hydrogen-bond donors (Lipinski definition) is 1. The van der Waals surface area contributed by atoms with Gasteiger partial charge in [-0.2, -0.15) is 0 Å². The predicted molar refractivity (Wildman–Crippen MR) is 111 cm³/mol. The van der Waals surface area contributed by atoms with Crippen molar-refractivity contribution in [3.05, 3.63) is 30.3 Å². The number of alkyl carbamates (subject to hydrolysis) is 1. The molecule has 0 saturated heterocycles. The summed E-state index contributed by atoms with van der Waals surface area (Å²) in [6.07, 6.45) is 3.05. The minimum atomic E-state index is -4.09. The number of carbonyl (C=O) groups is 2. The molecule has 0 fully saturated rings. The van der Waals surface area contributed by atoms with Crippen molar-refractivity contribution in [3.8, 4) is 0 Å². The molecule has 2 atom stereocenters. The maximum Gasteiger partial charge on any atom is 0.407 e. The van der Waals surface area contributed by atoms with Crippen LogP contribution in [0.3, 0.4) is 0 Å². The monoisotopic (exact) mass is 427 g/mol. The Balaban J connectivity index is 3.24. The first kappa shape index (κ1) is 24.9. The third-order valence-corrected chi connectivity index (χ3v) is 6.39. The van der Waals surface area contributed by atoms with Gasteiger partial charge in [0, 0.05) is 0 Å². The molecule has 164 valence electrons. The van der Waals surface area contributed by atoms with E-state index in [9.17, 15) is 18.0 Å². The van der Waals surface area contributed by atoms with E-state index in [0.29, 0.717) is 12.8 Å². The lowest BCUT2D eigenvalue weighted by Crippen LogP contribution is -2.52. The van der Waals surface area contributed by atoms with Crippen LogP contribution in [0.2, 0.25) is 0 Å². The van der Waals surface area contributed by atoms with Gasteiger partial charge in [-0.1, -0.05) is 50.8 Å². The van der Waals surface area contributed by atoms with E-state index in [1.54, 1.807) is 39.0 Å². The Morgan fingerprint density at radius 2 is 1.69 bits per heavy atom. The van der Waals surface area contributed by atoms with Gasteiger partial charge in [0.1, 0.15) is 5.60 Å². The van der Waals surface area contributed by atoms with Gasteiger partial charge in [0.2, 0.25) is 0 Å². The second-order valence-corrected chi connectivity index (χ2v) is 9.97. The normalized spacial score (nSPS) is 14.0. The zero-order valence-corrected chi connectivity index (χ0v) is 18.8. The Labute approximate surface area is 174 Å². The lowest BCUT2D eigenvalue weighted by molar-refractivity contribution is -0.140. The Hall–Kier alpha value is -2.09. The van der Waals surface area contributed by atoms with Gasteiger partial charge in [-0.25, -0.2) is 13.2 Å². The van der Waals surface area contributed by atoms with Gasteiger partial charge in [0.15, 0.2) is 15.1 Å². The summed E-state index contributed by atoms with van der Waals surface area (Å²) in [6, 6.07) is 6.73. The summed E-state index contributed by atoms with van der Waals surface area (Å²) in [5, 5.41) is 1.03. The summed E-state index contributed by atoms with van der Waals surface area (Å²) < 4.78 is 36.6. The topological polar surface area (TPSA) is 98.8 Å². The number of sulfone groups is 1. The predicted octanol–water partition coefficient (Wildman–Crippen LogP) is 3.87. The Morgan fingerprint density at radius 1 is 1.07 bits per heavy atom. The van der Waals surface area contributed by atoms with Crippen LogP contribution in [0.15, 0.2) is 35.2 Å². The first-order valence-electron chi connectivity index (χ1n) is 9.89. The third kappa shape index (κ3) is 8.04. The van der Waals surface area contributed by atoms with E-state index < -0.39 is 38.8 Å². The highest BCUT2D eigenvalue weighted by Crippen LogP contribution is 2.23. The molecule has 1 unspecified atom stereocenters. The summed E-state index contributed by atoms with van der Waals surface area (Å²) in [5.41, 5.74) is -0.754. The average molecular weight is 428 g/mol. The molecule has 1 N–H and O–H groups in total. The minimum absolute atomic E-state index is 0.0000491. The fraction of sp³-hybridized carbons (Fsp3) is 0.619. The molecule has 0 aliphatic carbocycles. The van der Waals surface area contributed by atoms with Crippen LogP contribution in [0.4, 0.5) is 4.79 Å². The summed E-state index contributed by atoms with van der Waals surface area (Å²) >= 11 is 0. The van der Waals surface area contributed by atoms with Crippen LogP contribution in [0.1, 0.15) is 59.8 Å². The average Bonchev–Trinajstić information content (AvgIpc) is 2.64. The van der Waals surface area contributed by atoms with Crippen molar-refractivity contribution in [2.45, 2.75) is 81.6 Å². The molecule has 1 amide bonds. The molecule has 0 heterocycles. The van der Waals surface area contributed by atoms with Gasteiger partial charge in [-0.15, -0.1) is 0 Å². The van der Waals surface area contributed by atoms with Crippen LogP contribution >= 0.6 is 0 Å². The number of nitrogens with one attached hydrogen (secondary N) is 1. The lowest BCUT2D eigenvalue weighted by Gasteiger charge is -2.28. The van der Waals surface area contributed by atoms with Crippen molar-refractivity contribution in [1.82, 2.24) is 5.32 Å². The van der Waals surface area contributed by atoms with E-state index >= 15 is 0 Å². The molecule has 8 heteroatoms. The zero-order valence-electron chi connectivity index (χ0n) is 17.9. The lowest BCUT2D eigenvalue weighted by atomic mass is 10.0. The molecule has 1 aromatic rings. The first-order chi connectivity index (χ1) is 13.5. The molecule has 1 aromatic carbocycles. The smallest absolute Gasteiger partial charge is 0.407 e. The molecule has 0 aliphatic rings. The molecular formula is C21H33NO6S. The van der Waals surface area contributed by atoms with Crippen LogP contribution in [0.25, 0.3) is 0 Å². The van der Waals surface area contributed by atoms with Crippen molar-refractivity contribution >= 4 is 21.9 Å². The highest BCUT2D eigenvalue weighted by Gasteiger charge is 2.42. The minimum Gasteiger partial charge on any atom is -0.468 e. The molecular weight excluding hydrogens is 394 g/mol. The number of esters is 1. The Bertz CT molecular complexity index is 755. The van der Waals surface area contributed by atoms with E-state index in [-0.39, 0.29) is 4.90 Å². The maximum atomic E-state index is 13.2. The summed E-state index contributed by atoms with van der Waals surface area (Å²) in [6.45, 7) is 7.19. The van der Waals surface area contributed by atoms with Crippen molar-refractivity contribution in [2.75, 3.05) is 7.11 Å². The van der Waals surface area contributed by atoms with Gasteiger partial charge >= 0.3 is 12.1 Å². The molecule has 0 radical (unpaired) electrons. The van der Waals surface area contributed by atoms with Gasteiger partial charge in [-0.3, -0.25) is 4.79 Å². The zero-order chi connectivity index (χ0) is 22.1. The van der Waals surface area contributed by atoms with Gasteiger partial charge in [-0.05, 0) is 39.3 Å². The highest BCUT2D eigenvalue weighted by atomic mass is 32.2. The highest BCUT2D eigenvalue weighted by molar-refractivity contribution is 7.92. The molecule has 0 aliphatic heterocycles. The third-order valence-electron chi connectivity index (χ3n) is 4.28. The summed E-state index contributed by atoms with van der Waals surface area (Å²) in [5.74, 6) is -0.912. The molecule has 0 aromatic heterocycles. The van der Waals surface area contributed by atoms with Crippen molar-refractivity contribution in [1.29, 1.82) is 0 Å². The van der Waals surface area contributed by atoms with Crippen LogP contribution in [-0.4, -0.2) is 44.5 Å². The molecule has 0 spiro atoms. The number of methoxy groups -OCH3 is 1. The van der Waals surface area contributed by atoms with Crippen LogP contribution in [-0.2, 0) is 24.1 Å². The van der Waals surface area contributed by atoms with Crippen LogP contribution < -0.4 is 5.32 Å². The number of carbonyl (C=O) groups excluding carboxylic acids is 2. The molecule has 29 heavy (non-hydrogen) atoms. The van der Waals surface area contributed by atoms with E-state index in [2.05, 4.69) is 12.2 Å². The summed E-state index contributed by atoms with van der Waals surface area (Å²) in [7, 11) is -2.95. The number of amides is 1. The molecule has 0 saturated carbocycles. The number of unbranched alkanes of at least 4 members (excludes halogenated alkanes) is 3. The van der Waals surface area contributed by atoms with Crippen LogP contribution in [0, 0.1) is 0 Å². The van der Waals surface area contributed by atoms with E-state index in [1.807, 2.05) is 0 Å². The summed E-state index contributed by atoms with van der Waals surface area (Å²) in [4.78, 5) is 24.9. The largest absolute Gasteiger partial charge is 0.468 e. The fourth-order valence-electron chi connectivity index (χ4n) is 2.93.